The molecule has 7 heteroatoms. The molecule has 7 nitrogen and oxygen atoms in total. The van der Waals surface area contributed by atoms with Gasteiger partial charge in [0, 0.05) is 18.7 Å². The summed E-state index contributed by atoms with van der Waals surface area (Å²) in [6, 6.07) is 14.4. The number of rotatable bonds is 5. The molecule has 0 spiro atoms. The van der Waals surface area contributed by atoms with Crippen LogP contribution in [0.1, 0.15) is 6.92 Å². The van der Waals surface area contributed by atoms with Gasteiger partial charge in [0.05, 0.1) is 13.2 Å². The van der Waals surface area contributed by atoms with Gasteiger partial charge >= 0.3 is 0 Å². The van der Waals surface area contributed by atoms with Gasteiger partial charge in [0.2, 0.25) is 11.9 Å². The van der Waals surface area contributed by atoms with E-state index in [1.165, 1.54) is 0 Å². The van der Waals surface area contributed by atoms with Crippen molar-refractivity contribution in [2.75, 3.05) is 24.6 Å². The SMILES string of the molecule is C=C(C)Cn1c(-c2cccc3ccccc23)nnc1N1CCOC(C(N)=O)C1. The fourth-order valence-electron chi connectivity index (χ4n) is 3.57. The van der Waals surface area contributed by atoms with Crippen molar-refractivity contribution >= 4 is 22.6 Å². The highest BCUT2D eigenvalue weighted by Crippen LogP contribution is 2.30. The van der Waals surface area contributed by atoms with E-state index in [1.807, 2.05) is 34.6 Å². The lowest BCUT2D eigenvalue weighted by Gasteiger charge is -2.32. The summed E-state index contributed by atoms with van der Waals surface area (Å²) in [5.41, 5.74) is 7.44. The molecule has 1 fully saturated rings. The summed E-state index contributed by atoms with van der Waals surface area (Å²) in [5.74, 6) is 1.00. The molecule has 4 rings (SSSR count). The lowest BCUT2D eigenvalue weighted by molar-refractivity contribution is -0.130. The van der Waals surface area contributed by atoms with Gasteiger partial charge in [0.25, 0.3) is 0 Å². The van der Waals surface area contributed by atoms with Crippen molar-refractivity contribution in [2.45, 2.75) is 19.6 Å². The second-order valence-electron chi connectivity index (χ2n) is 7.10. The number of primary amides is 1. The van der Waals surface area contributed by atoms with Crippen LogP contribution in [0.3, 0.4) is 0 Å². The summed E-state index contributed by atoms with van der Waals surface area (Å²) in [4.78, 5) is 13.6. The van der Waals surface area contributed by atoms with Gasteiger partial charge in [0.15, 0.2) is 11.9 Å². The van der Waals surface area contributed by atoms with Gasteiger partial charge in [-0.2, -0.15) is 0 Å². The van der Waals surface area contributed by atoms with Crippen LogP contribution in [0.15, 0.2) is 54.6 Å². The van der Waals surface area contributed by atoms with Crippen molar-refractivity contribution < 1.29 is 9.53 Å². The normalized spacial score (nSPS) is 17.0. The van der Waals surface area contributed by atoms with Gasteiger partial charge in [-0.15, -0.1) is 10.2 Å². The highest BCUT2D eigenvalue weighted by atomic mass is 16.5. The highest BCUT2D eigenvalue weighted by Gasteiger charge is 2.29. The quantitative estimate of drug-likeness (QED) is 0.690. The van der Waals surface area contributed by atoms with E-state index in [0.29, 0.717) is 32.2 Å². The minimum absolute atomic E-state index is 0.360. The van der Waals surface area contributed by atoms with Crippen molar-refractivity contribution in [3.05, 3.63) is 54.6 Å². The molecule has 0 bridgehead atoms. The van der Waals surface area contributed by atoms with Crippen LogP contribution < -0.4 is 10.6 Å². The van der Waals surface area contributed by atoms with Crippen LogP contribution >= 0.6 is 0 Å². The molecular formula is C21H23N5O2. The molecule has 0 radical (unpaired) electrons. The summed E-state index contributed by atoms with van der Waals surface area (Å²) in [5, 5.41) is 11.2. The van der Waals surface area contributed by atoms with E-state index in [4.69, 9.17) is 10.5 Å². The lowest BCUT2D eigenvalue weighted by atomic mass is 10.0. The smallest absolute Gasteiger partial charge is 0.248 e. The first-order valence-corrected chi connectivity index (χ1v) is 9.26. The Labute approximate surface area is 163 Å². The van der Waals surface area contributed by atoms with E-state index >= 15 is 0 Å². The number of allylic oxidation sites excluding steroid dienone is 1. The number of nitrogens with two attached hydrogens (primary N) is 1. The molecule has 1 aliphatic heterocycles. The molecule has 1 amide bonds. The van der Waals surface area contributed by atoms with Crippen molar-refractivity contribution in [3.8, 4) is 11.4 Å². The second kappa shape index (κ2) is 7.44. The molecule has 2 N–H and O–H groups in total. The van der Waals surface area contributed by atoms with Crippen LogP contribution in [-0.2, 0) is 16.1 Å². The van der Waals surface area contributed by atoms with E-state index in [-0.39, 0.29) is 0 Å². The third kappa shape index (κ3) is 3.36. The summed E-state index contributed by atoms with van der Waals surface area (Å²) in [6.45, 7) is 8.01. The molecule has 0 aliphatic carbocycles. The second-order valence-corrected chi connectivity index (χ2v) is 7.10. The Bertz CT molecular complexity index is 1040. The van der Waals surface area contributed by atoms with Crippen molar-refractivity contribution in [3.63, 3.8) is 0 Å². The van der Waals surface area contributed by atoms with Gasteiger partial charge in [-0.3, -0.25) is 9.36 Å². The molecule has 144 valence electrons. The molecule has 1 aliphatic rings. The number of carbonyl (C=O) groups excluding carboxylic acids is 1. The molecular weight excluding hydrogens is 354 g/mol. The number of morpholine rings is 1. The predicted molar refractivity (Wildman–Crippen MR) is 109 cm³/mol. The number of ether oxygens (including phenoxy) is 1. The van der Waals surface area contributed by atoms with Gasteiger partial charge < -0.3 is 15.4 Å². The highest BCUT2D eigenvalue weighted by molar-refractivity contribution is 5.95. The number of carbonyl (C=O) groups is 1. The monoisotopic (exact) mass is 377 g/mol. The predicted octanol–water partition coefficient (Wildman–Crippen LogP) is 2.36. The molecule has 2 heterocycles. The van der Waals surface area contributed by atoms with E-state index < -0.39 is 12.0 Å². The number of aromatic nitrogens is 3. The maximum absolute atomic E-state index is 11.6. The van der Waals surface area contributed by atoms with Gasteiger partial charge in [-0.1, -0.05) is 54.6 Å². The first-order chi connectivity index (χ1) is 13.5. The Hall–Kier alpha value is -3.19. The lowest BCUT2D eigenvalue weighted by Crippen LogP contribution is -2.49. The van der Waals surface area contributed by atoms with Crippen LogP contribution in [-0.4, -0.2) is 46.5 Å². The first kappa shape index (κ1) is 18.2. The number of hydrogen-bond donors (Lipinski definition) is 1. The van der Waals surface area contributed by atoms with Crippen molar-refractivity contribution in [1.82, 2.24) is 14.8 Å². The molecule has 1 saturated heterocycles. The van der Waals surface area contributed by atoms with Crippen LogP contribution in [0.5, 0.6) is 0 Å². The average molecular weight is 377 g/mol. The van der Waals surface area contributed by atoms with E-state index in [0.717, 1.165) is 27.7 Å². The van der Waals surface area contributed by atoms with Crippen LogP contribution in [0.2, 0.25) is 0 Å². The number of amides is 1. The molecule has 1 aromatic heterocycles. The number of fused-ring (bicyclic) bond motifs is 1. The number of anilines is 1. The Balaban J connectivity index is 1.81. The van der Waals surface area contributed by atoms with Gasteiger partial charge in [-0.25, -0.2) is 0 Å². The molecule has 2 aromatic carbocycles. The topological polar surface area (TPSA) is 86.3 Å². The molecule has 1 unspecified atom stereocenters. The Morgan fingerprint density at radius 1 is 1.25 bits per heavy atom. The third-order valence-corrected chi connectivity index (χ3v) is 4.86. The maximum Gasteiger partial charge on any atom is 0.248 e. The van der Waals surface area contributed by atoms with E-state index in [1.54, 1.807) is 0 Å². The minimum Gasteiger partial charge on any atom is -0.367 e. The number of benzene rings is 2. The fraction of sp³-hybridized carbons (Fsp3) is 0.286. The zero-order chi connectivity index (χ0) is 19.7. The molecule has 1 atom stereocenters. The summed E-state index contributed by atoms with van der Waals surface area (Å²) in [7, 11) is 0. The largest absolute Gasteiger partial charge is 0.367 e. The Kier molecular flexibility index (Phi) is 4.83. The maximum atomic E-state index is 11.6. The zero-order valence-corrected chi connectivity index (χ0v) is 15.8. The summed E-state index contributed by atoms with van der Waals surface area (Å²) < 4.78 is 7.52. The third-order valence-electron chi connectivity index (χ3n) is 4.86. The van der Waals surface area contributed by atoms with Crippen LogP contribution in [0.4, 0.5) is 5.95 Å². The van der Waals surface area contributed by atoms with Gasteiger partial charge in [-0.05, 0) is 17.7 Å². The molecule has 28 heavy (non-hydrogen) atoms. The van der Waals surface area contributed by atoms with Crippen LogP contribution in [0.25, 0.3) is 22.2 Å². The Morgan fingerprint density at radius 3 is 2.82 bits per heavy atom. The van der Waals surface area contributed by atoms with Gasteiger partial charge in [0.1, 0.15) is 0 Å². The van der Waals surface area contributed by atoms with Crippen molar-refractivity contribution in [1.29, 1.82) is 0 Å². The Morgan fingerprint density at radius 2 is 2.04 bits per heavy atom. The van der Waals surface area contributed by atoms with E-state index in [9.17, 15) is 4.79 Å². The standard InChI is InChI=1S/C21H23N5O2/c1-14(2)12-26-20(17-9-5-7-15-6-3-4-8-16(15)17)23-24-21(26)25-10-11-28-18(13-25)19(22)27/h3-9,18H,1,10-13H2,2H3,(H2,22,27). The average Bonchev–Trinajstić information content (AvgIpc) is 3.10. The number of hydrogen-bond acceptors (Lipinski definition) is 5. The molecule has 3 aromatic rings. The van der Waals surface area contributed by atoms with Crippen LogP contribution in [0, 0.1) is 0 Å². The number of nitrogens with zero attached hydrogens (tertiary/aromatic N) is 4. The van der Waals surface area contributed by atoms with E-state index in [2.05, 4.69) is 41.0 Å². The molecule has 0 saturated carbocycles. The fourth-order valence-corrected chi connectivity index (χ4v) is 3.57. The summed E-state index contributed by atoms with van der Waals surface area (Å²) in [6.07, 6.45) is -0.648. The van der Waals surface area contributed by atoms with Crippen molar-refractivity contribution in [2.24, 2.45) is 5.73 Å². The minimum atomic E-state index is -0.648. The zero-order valence-electron chi connectivity index (χ0n) is 15.8. The summed E-state index contributed by atoms with van der Waals surface area (Å²) >= 11 is 0. The first-order valence-electron chi connectivity index (χ1n) is 9.26.